The predicted molar refractivity (Wildman–Crippen MR) is 151 cm³/mol. The van der Waals surface area contributed by atoms with E-state index >= 15 is 0 Å². The topological polar surface area (TPSA) is 102 Å². The molecule has 1 saturated heterocycles. The van der Waals surface area contributed by atoms with Crippen molar-refractivity contribution in [1.29, 1.82) is 0 Å². The molecule has 2 aliphatic rings. The zero-order chi connectivity index (χ0) is 26.0. The zero-order valence-corrected chi connectivity index (χ0v) is 22.5. The summed E-state index contributed by atoms with van der Waals surface area (Å²) in [4.78, 5) is 13.9. The molecule has 2 heterocycles. The van der Waals surface area contributed by atoms with Crippen molar-refractivity contribution in [2.24, 2.45) is 0 Å². The maximum absolute atomic E-state index is 12.3. The van der Waals surface area contributed by atoms with Gasteiger partial charge in [0.2, 0.25) is 16.0 Å². The van der Waals surface area contributed by atoms with Gasteiger partial charge in [-0.25, -0.2) is 13.4 Å². The molecule has 0 atom stereocenters. The van der Waals surface area contributed by atoms with E-state index in [1.807, 2.05) is 26.0 Å². The normalized spacial score (nSPS) is 16.5. The van der Waals surface area contributed by atoms with Crippen LogP contribution < -0.4 is 20.3 Å². The number of anilines is 6. The second-order valence-corrected chi connectivity index (χ2v) is 11.8. The van der Waals surface area contributed by atoms with Crippen LogP contribution in [0.3, 0.4) is 0 Å². The summed E-state index contributed by atoms with van der Waals surface area (Å²) in [6.45, 7) is 8.22. The highest BCUT2D eigenvalue weighted by atomic mass is 32.2. The third-order valence-electron chi connectivity index (χ3n) is 6.93. The van der Waals surface area contributed by atoms with E-state index in [4.69, 9.17) is 4.98 Å². The third-order valence-corrected chi connectivity index (χ3v) is 8.80. The molecule has 196 valence electrons. The molecule has 0 radical (unpaired) electrons. The van der Waals surface area contributed by atoms with Crippen LogP contribution in [-0.4, -0.2) is 61.8 Å². The zero-order valence-electron chi connectivity index (χ0n) is 21.7. The van der Waals surface area contributed by atoms with Crippen molar-refractivity contribution in [3.8, 4) is 0 Å². The first-order valence-electron chi connectivity index (χ1n) is 12.9. The van der Waals surface area contributed by atoms with Gasteiger partial charge in [-0.2, -0.15) is 4.98 Å². The van der Waals surface area contributed by atoms with E-state index in [1.54, 1.807) is 12.3 Å². The Morgan fingerprint density at radius 1 is 0.973 bits per heavy atom. The molecule has 3 aromatic rings. The van der Waals surface area contributed by atoms with Crippen molar-refractivity contribution < 1.29 is 8.42 Å². The van der Waals surface area contributed by atoms with Gasteiger partial charge in [-0.15, -0.1) is 0 Å². The van der Waals surface area contributed by atoms with E-state index < -0.39 is 10.0 Å². The average molecular weight is 522 g/mol. The molecular weight excluding hydrogens is 486 g/mol. The van der Waals surface area contributed by atoms with Crippen molar-refractivity contribution in [1.82, 2.24) is 14.9 Å². The molecule has 0 spiro atoms. The Balaban J connectivity index is 1.28. The van der Waals surface area contributed by atoms with Gasteiger partial charge in [0.05, 0.1) is 5.25 Å². The van der Waals surface area contributed by atoms with Crippen molar-refractivity contribution in [3.05, 3.63) is 59.8 Å². The first kappa shape index (κ1) is 25.3. The number of nitrogens with one attached hydrogen (secondary N) is 3. The Kier molecular flexibility index (Phi) is 7.21. The van der Waals surface area contributed by atoms with Gasteiger partial charge in [0, 0.05) is 60.7 Å². The molecule has 10 heteroatoms. The molecule has 3 N–H and O–H groups in total. The van der Waals surface area contributed by atoms with Gasteiger partial charge in [-0.3, -0.25) is 4.72 Å². The fraction of sp³-hybridized carbons (Fsp3) is 0.407. The molecular formula is C27H35N7O2S. The smallest absolute Gasteiger partial charge is 0.235 e. The fourth-order valence-corrected chi connectivity index (χ4v) is 5.78. The summed E-state index contributed by atoms with van der Waals surface area (Å²) in [7, 11) is -1.13. The monoisotopic (exact) mass is 521 g/mol. The van der Waals surface area contributed by atoms with Crippen molar-refractivity contribution in [3.63, 3.8) is 0 Å². The number of piperazine rings is 1. The number of likely N-dealkylation sites (N-methyl/N-ethyl adjacent to an activating group) is 1. The number of sulfonamides is 1. The number of aromatic nitrogens is 2. The molecule has 1 aliphatic heterocycles. The maximum atomic E-state index is 12.3. The van der Waals surface area contributed by atoms with E-state index in [0.717, 1.165) is 67.9 Å². The molecule has 0 bridgehead atoms. The van der Waals surface area contributed by atoms with Crippen LogP contribution in [0.4, 0.5) is 34.5 Å². The Bertz CT molecular complexity index is 1350. The van der Waals surface area contributed by atoms with Gasteiger partial charge < -0.3 is 20.4 Å². The summed E-state index contributed by atoms with van der Waals surface area (Å²) >= 11 is 0. The van der Waals surface area contributed by atoms with E-state index in [-0.39, 0.29) is 5.25 Å². The Morgan fingerprint density at radius 3 is 2.35 bits per heavy atom. The third kappa shape index (κ3) is 6.14. The average Bonchev–Trinajstić information content (AvgIpc) is 3.74. The van der Waals surface area contributed by atoms with Gasteiger partial charge in [0.15, 0.2) is 0 Å². The summed E-state index contributed by atoms with van der Waals surface area (Å²) in [5.41, 5.74) is 5.55. The number of nitrogens with zero attached hydrogens (tertiary/aromatic N) is 4. The lowest BCUT2D eigenvalue weighted by atomic mass is 10.1. The lowest BCUT2D eigenvalue weighted by Gasteiger charge is -2.34. The molecule has 0 unspecified atom stereocenters. The first-order valence-corrected chi connectivity index (χ1v) is 14.4. The first-order chi connectivity index (χ1) is 17.8. The minimum Gasteiger partial charge on any atom is -0.369 e. The minimum absolute atomic E-state index is 0.257. The molecule has 5 rings (SSSR count). The van der Waals surface area contributed by atoms with Gasteiger partial charge in [-0.05, 0) is 81.3 Å². The highest BCUT2D eigenvalue weighted by Gasteiger charge is 2.35. The van der Waals surface area contributed by atoms with Crippen LogP contribution in [-0.2, 0) is 16.4 Å². The second-order valence-electron chi connectivity index (χ2n) is 9.88. The van der Waals surface area contributed by atoms with E-state index in [0.29, 0.717) is 17.5 Å². The van der Waals surface area contributed by atoms with E-state index in [9.17, 15) is 8.42 Å². The Morgan fingerprint density at radius 2 is 1.68 bits per heavy atom. The van der Waals surface area contributed by atoms with Crippen LogP contribution in [0, 0.1) is 6.92 Å². The molecule has 1 saturated carbocycles. The summed E-state index contributed by atoms with van der Waals surface area (Å²) in [6, 6.07) is 14.0. The van der Waals surface area contributed by atoms with Gasteiger partial charge >= 0.3 is 0 Å². The predicted octanol–water partition coefficient (Wildman–Crippen LogP) is 4.49. The second kappa shape index (κ2) is 10.5. The fourth-order valence-electron chi connectivity index (χ4n) is 4.40. The van der Waals surface area contributed by atoms with Gasteiger partial charge in [0.1, 0.15) is 5.82 Å². The summed E-state index contributed by atoms with van der Waals surface area (Å²) in [6.07, 6.45) is 4.01. The van der Waals surface area contributed by atoms with Crippen LogP contribution in [0.25, 0.3) is 0 Å². The van der Waals surface area contributed by atoms with Crippen LogP contribution in [0.1, 0.15) is 30.9 Å². The van der Waals surface area contributed by atoms with Crippen LogP contribution in [0.15, 0.2) is 48.7 Å². The van der Waals surface area contributed by atoms with Gasteiger partial charge in [0.25, 0.3) is 0 Å². The number of aryl methyl sites for hydroxylation is 2. The Hall–Kier alpha value is -3.37. The largest absolute Gasteiger partial charge is 0.369 e. The summed E-state index contributed by atoms with van der Waals surface area (Å²) in [5, 5.41) is 6.47. The number of hydrogen-bond donors (Lipinski definition) is 3. The van der Waals surface area contributed by atoms with E-state index in [2.05, 4.69) is 61.5 Å². The van der Waals surface area contributed by atoms with Crippen LogP contribution >= 0.6 is 0 Å². The quantitative estimate of drug-likeness (QED) is 0.379. The minimum atomic E-state index is -3.29. The molecule has 2 aromatic carbocycles. The van der Waals surface area contributed by atoms with Crippen molar-refractivity contribution in [2.45, 2.75) is 38.4 Å². The lowest BCUT2D eigenvalue weighted by Crippen LogP contribution is -2.44. The van der Waals surface area contributed by atoms with Crippen molar-refractivity contribution >= 4 is 44.5 Å². The molecule has 1 aromatic heterocycles. The van der Waals surface area contributed by atoms with Gasteiger partial charge in [-0.1, -0.05) is 6.92 Å². The summed E-state index contributed by atoms with van der Waals surface area (Å²) < 4.78 is 27.4. The standard InChI is InChI=1S/C27H35N7O2S/c1-4-20-17-22(32-37(35,36)24-10-11-24)7-12-25(20)30-26-19(2)18-28-27(31-26)29-21-5-8-23(9-6-21)34-15-13-33(3)14-16-34/h5-9,12,17-18,24,32H,4,10-11,13-16H2,1-3H3,(H2,28,29,30,31). The van der Waals surface area contributed by atoms with Crippen molar-refractivity contribution in [2.75, 3.05) is 53.5 Å². The Labute approximate surface area is 219 Å². The highest BCUT2D eigenvalue weighted by Crippen LogP contribution is 2.32. The maximum Gasteiger partial charge on any atom is 0.235 e. The van der Waals surface area contributed by atoms with Crippen LogP contribution in [0.2, 0.25) is 0 Å². The molecule has 2 fully saturated rings. The molecule has 9 nitrogen and oxygen atoms in total. The number of benzene rings is 2. The lowest BCUT2D eigenvalue weighted by molar-refractivity contribution is 0.313. The number of hydrogen-bond acceptors (Lipinski definition) is 8. The summed E-state index contributed by atoms with van der Waals surface area (Å²) in [5.74, 6) is 1.21. The highest BCUT2D eigenvalue weighted by molar-refractivity contribution is 7.93. The molecule has 37 heavy (non-hydrogen) atoms. The van der Waals surface area contributed by atoms with Crippen LogP contribution in [0.5, 0.6) is 0 Å². The molecule has 1 aliphatic carbocycles. The SMILES string of the molecule is CCc1cc(NS(=O)(=O)C2CC2)ccc1Nc1nc(Nc2ccc(N3CCN(C)CC3)cc2)ncc1C. The molecule has 0 amide bonds. The van der Waals surface area contributed by atoms with E-state index in [1.165, 1.54) is 5.69 Å². The number of rotatable bonds is 9.